The van der Waals surface area contributed by atoms with Crippen LogP contribution in [0.1, 0.15) is 16.5 Å². The van der Waals surface area contributed by atoms with E-state index in [1.54, 1.807) is 17.5 Å². The highest BCUT2D eigenvalue weighted by Gasteiger charge is 2.05. The molecule has 2 aromatic rings. The normalized spacial score (nSPS) is 10.6. The van der Waals surface area contributed by atoms with E-state index < -0.39 is 0 Å². The van der Waals surface area contributed by atoms with E-state index in [9.17, 15) is 0 Å². The Labute approximate surface area is 110 Å². The topological polar surface area (TPSA) is 38.7 Å². The molecule has 0 saturated carbocycles. The van der Waals surface area contributed by atoms with Crippen molar-refractivity contribution >= 4 is 45.5 Å². The van der Waals surface area contributed by atoms with Crippen molar-refractivity contribution < 1.29 is 0 Å². The van der Waals surface area contributed by atoms with Gasteiger partial charge in [-0.3, -0.25) is 0 Å². The Morgan fingerprint density at radius 1 is 1.47 bits per heavy atom. The predicted molar refractivity (Wildman–Crippen MR) is 69.4 cm³/mol. The minimum absolute atomic E-state index is 0.508. The lowest BCUT2D eigenvalue weighted by Crippen LogP contribution is -1.97. The van der Waals surface area contributed by atoms with Gasteiger partial charge in [0.1, 0.15) is 16.0 Å². The molecular formula is C9H7ClIN3S. The van der Waals surface area contributed by atoms with Gasteiger partial charge in [-0.1, -0.05) is 11.6 Å². The van der Waals surface area contributed by atoms with Gasteiger partial charge in [-0.2, -0.15) is 0 Å². The average Bonchev–Trinajstić information content (AvgIpc) is 2.58. The quantitative estimate of drug-likeness (QED) is 0.616. The van der Waals surface area contributed by atoms with E-state index in [0.717, 1.165) is 20.1 Å². The smallest absolute Gasteiger partial charge is 0.146 e. The monoisotopic (exact) mass is 351 g/mol. The van der Waals surface area contributed by atoms with Gasteiger partial charge in [0.15, 0.2) is 0 Å². The molecule has 0 N–H and O–H groups in total. The maximum Gasteiger partial charge on any atom is 0.146 e. The summed E-state index contributed by atoms with van der Waals surface area (Å²) < 4.78 is 0.869. The van der Waals surface area contributed by atoms with Crippen LogP contribution in [0.15, 0.2) is 11.6 Å². The number of aryl methyl sites for hydroxylation is 1. The Bertz CT molecular complexity index is 486. The molecule has 2 heterocycles. The fourth-order valence-electron chi connectivity index (χ4n) is 1.08. The number of aromatic nitrogens is 3. The van der Waals surface area contributed by atoms with Crippen LogP contribution in [-0.2, 0) is 6.42 Å². The second-order valence-electron chi connectivity index (χ2n) is 2.98. The molecule has 0 amide bonds. The molecule has 0 spiro atoms. The van der Waals surface area contributed by atoms with Crippen LogP contribution in [0.25, 0.3) is 0 Å². The number of rotatable bonds is 2. The van der Waals surface area contributed by atoms with Gasteiger partial charge in [-0.15, -0.1) is 11.3 Å². The number of nitrogens with zero attached hydrogens (tertiary/aromatic N) is 3. The molecular weight excluding hydrogens is 345 g/mol. The van der Waals surface area contributed by atoms with Crippen molar-refractivity contribution in [1.82, 2.24) is 15.0 Å². The minimum Gasteiger partial charge on any atom is -0.246 e. The van der Waals surface area contributed by atoms with Gasteiger partial charge in [0.2, 0.25) is 0 Å². The largest absolute Gasteiger partial charge is 0.246 e. The van der Waals surface area contributed by atoms with Crippen LogP contribution in [0, 0.1) is 10.5 Å². The predicted octanol–water partition coefficient (Wildman–Crippen LogP) is 3.09. The summed E-state index contributed by atoms with van der Waals surface area (Å²) in [5, 5.41) is 3.54. The molecule has 0 aliphatic carbocycles. The summed E-state index contributed by atoms with van der Waals surface area (Å²) in [6.45, 7) is 1.97. The zero-order valence-corrected chi connectivity index (χ0v) is 11.6. The Kier molecular flexibility index (Phi) is 3.53. The Hall–Kier alpha value is -0.270. The van der Waals surface area contributed by atoms with E-state index in [0.29, 0.717) is 11.6 Å². The van der Waals surface area contributed by atoms with Gasteiger partial charge in [0.25, 0.3) is 0 Å². The van der Waals surface area contributed by atoms with Crippen LogP contribution in [0.2, 0.25) is 5.15 Å². The minimum atomic E-state index is 0.508. The van der Waals surface area contributed by atoms with Gasteiger partial charge in [-0.25, -0.2) is 15.0 Å². The van der Waals surface area contributed by atoms with E-state index in [1.165, 1.54) is 0 Å². The lowest BCUT2D eigenvalue weighted by molar-refractivity contribution is 0.946. The summed E-state index contributed by atoms with van der Waals surface area (Å²) in [6, 6.07) is 0. The molecule has 6 heteroatoms. The lowest BCUT2D eigenvalue weighted by Gasteiger charge is -1.98. The molecule has 2 rings (SSSR count). The third-order valence-electron chi connectivity index (χ3n) is 1.73. The molecule has 0 fully saturated rings. The zero-order valence-electron chi connectivity index (χ0n) is 7.87. The molecule has 2 aromatic heterocycles. The fraction of sp³-hybridized carbons (Fsp3) is 0.222. The third-order valence-corrected chi connectivity index (χ3v) is 4.09. The molecule has 0 bridgehead atoms. The van der Waals surface area contributed by atoms with Crippen LogP contribution in [0.3, 0.4) is 0 Å². The van der Waals surface area contributed by atoms with Crippen molar-refractivity contribution in [3.8, 4) is 0 Å². The summed E-state index contributed by atoms with van der Waals surface area (Å²) >= 11 is 9.63. The maximum atomic E-state index is 5.91. The van der Waals surface area contributed by atoms with Gasteiger partial charge in [0, 0.05) is 17.3 Å². The maximum absolute atomic E-state index is 5.91. The summed E-state index contributed by atoms with van der Waals surface area (Å²) in [7, 11) is 0. The lowest BCUT2D eigenvalue weighted by atomic mass is 10.4. The van der Waals surface area contributed by atoms with Crippen molar-refractivity contribution in [3.63, 3.8) is 0 Å². The van der Waals surface area contributed by atoms with Crippen molar-refractivity contribution in [2.24, 2.45) is 0 Å². The third kappa shape index (κ3) is 2.85. The molecule has 0 aliphatic heterocycles. The molecule has 0 unspecified atom stereocenters. The Morgan fingerprint density at radius 3 is 2.87 bits per heavy atom. The first-order valence-corrected chi connectivity index (χ1v) is 6.56. The molecule has 0 saturated heterocycles. The average molecular weight is 352 g/mol. The highest BCUT2D eigenvalue weighted by molar-refractivity contribution is 14.1. The van der Waals surface area contributed by atoms with Crippen molar-refractivity contribution in [2.45, 2.75) is 13.3 Å². The fourth-order valence-corrected chi connectivity index (χ4v) is 2.26. The van der Waals surface area contributed by atoms with Crippen LogP contribution in [-0.4, -0.2) is 15.0 Å². The first-order chi connectivity index (χ1) is 7.15. The number of thiazole rings is 1. The standard InChI is InChI=1S/C9H7ClIN3S/c1-5-4-15-8(13-5)2-7-12-3-6(11)9(10)14-7/h3-4H,2H2,1H3. The van der Waals surface area contributed by atoms with Crippen LogP contribution in [0.4, 0.5) is 0 Å². The first-order valence-electron chi connectivity index (χ1n) is 4.23. The Morgan fingerprint density at radius 2 is 2.27 bits per heavy atom. The molecule has 78 valence electrons. The van der Waals surface area contributed by atoms with Crippen molar-refractivity contribution in [1.29, 1.82) is 0 Å². The van der Waals surface area contributed by atoms with Crippen LogP contribution in [0.5, 0.6) is 0 Å². The second-order valence-corrected chi connectivity index (χ2v) is 5.45. The summed E-state index contributed by atoms with van der Waals surface area (Å²) in [6.07, 6.45) is 2.38. The molecule has 15 heavy (non-hydrogen) atoms. The highest BCUT2D eigenvalue weighted by atomic mass is 127. The Balaban J connectivity index is 2.21. The van der Waals surface area contributed by atoms with Gasteiger partial charge in [0.05, 0.1) is 9.99 Å². The van der Waals surface area contributed by atoms with E-state index in [-0.39, 0.29) is 0 Å². The number of halogens is 2. The molecule has 0 aliphatic rings. The summed E-state index contributed by atoms with van der Waals surface area (Å²) in [5.41, 5.74) is 1.03. The van der Waals surface area contributed by atoms with Crippen molar-refractivity contribution in [2.75, 3.05) is 0 Å². The van der Waals surface area contributed by atoms with Gasteiger partial charge in [-0.05, 0) is 29.5 Å². The van der Waals surface area contributed by atoms with Gasteiger partial charge < -0.3 is 0 Å². The molecule has 0 atom stereocenters. The number of hydrogen-bond donors (Lipinski definition) is 0. The van der Waals surface area contributed by atoms with Crippen LogP contribution >= 0.6 is 45.5 Å². The zero-order chi connectivity index (χ0) is 10.8. The molecule has 0 aromatic carbocycles. The molecule has 3 nitrogen and oxygen atoms in total. The highest BCUT2D eigenvalue weighted by Crippen LogP contribution is 2.16. The van der Waals surface area contributed by atoms with E-state index >= 15 is 0 Å². The van der Waals surface area contributed by atoms with E-state index in [1.807, 2.05) is 12.3 Å². The summed E-state index contributed by atoms with van der Waals surface area (Å²) in [5.74, 6) is 0.717. The van der Waals surface area contributed by atoms with Gasteiger partial charge >= 0.3 is 0 Å². The van der Waals surface area contributed by atoms with E-state index in [4.69, 9.17) is 11.6 Å². The molecule has 0 radical (unpaired) electrons. The van der Waals surface area contributed by atoms with Crippen LogP contribution < -0.4 is 0 Å². The summed E-state index contributed by atoms with van der Waals surface area (Å²) in [4.78, 5) is 12.7. The number of hydrogen-bond acceptors (Lipinski definition) is 4. The SMILES string of the molecule is Cc1csc(Cc2ncc(I)c(Cl)n2)n1. The second kappa shape index (κ2) is 4.71. The first kappa shape index (κ1) is 11.2. The van der Waals surface area contributed by atoms with Crippen molar-refractivity contribution in [3.05, 3.63) is 36.8 Å². The van der Waals surface area contributed by atoms with E-state index in [2.05, 4.69) is 37.5 Å².